The van der Waals surface area contributed by atoms with E-state index in [0.717, 1.165) is 0 Å². The van der Waals surface area contributed by atoms with Crippen LogP contribution in [0.2, 0.25) is 5.02 Å². The number of nitrogens with zero attached hydrogens (tertiary/aromatic N) is 2. The van der Waals surface area contributed by atoms with Crippen molar-refractivity contribution < 1.29 is 24.5 Å². The van der Waals surface area contributed by atoms with Gasteiger partial charge in [0.2, 0.25) is 5.88 Å². The van der Waals surface area contributed by atoms with E-state index in [1.165, 1.54) is 10.7 Å². The molecule has 4 rings (SSSR count). The topological polar surface area (TPSA) is 114 Å². The van der Waals surface area contributed by atoms with Crippen LogP contribution in [0.5, 0.6) is 17.4 Å². The summed E-state index contributed by atoms with van der Waals surface area (Å²) < 4.78 is 7.04. The molecule has 3 N–H and O–H groups in total. The number of halogens is 1. The quantitative estimate of drug-likeness (QED) is 0.330. The lowest BCUT2D eigenvalue weighted by Crippen LogP contribution is -2.30. The highest BCUT2D eigenvalue weighted by atomic mass is 35.5. The Kier molecular flexibility index (Phi) is 6.79. The van der Waals surface area contributed by atoms with Gasteiger partial charge in [-0.15, -0.1) is 0 Å². The number of hydrogen-bond acceptors (Lipinski definition) is 5. The van der Waals surface area contributed by atoms with E-state index in [4.69, 9.17) is 16.3 Å². The van der Waals surface area contributed by atoms with Crippen LogP contribution in [0.4, 0.5) is 0 Å². The molecule has 1 aromatic heterocycles. The lowest BCUT2D eigenvalue weighted by atomic mass is 10.0. The summed E-state index contributed by atoms with van der Waals surface area (Å²) in [7, 11) is 0. The monoisotopic (exact) mass is 477 g/mol. The van der Waals surface area contributed by atoms with Gasteiger partial charge in [-0.05, 0) is 54.1 Å². The summed E-state index contributed by atoms with van der Waals surface area (Å²) in [5.74, 6) is -0.908. The van der Waals surface area contributed by atoms with E-state index < -0.39 is 17.9 Å². The van der Waals surface area contributed by atoms with Gasteiger partial charge in [0.15, 0.2) is 5.69 Å². The van der Waals surface area contributed by atoms with Crippen molar-refractivity contribution in [3.05, 3.63) is 101 Å². The number of carboxylic acids is 1. The maximum Gasteiger partial charge on any atom is 0.305 e. The Morgan fingerprint density at radius 2 is 1.71 bits per heavy atom. The molecule has 0 fully saturated rings. The van der Waals surface area contributed by atoms with E-state index in [0.29, 0.717) is 27.8 Å². The van der Waals surface area contributed by atoms with Crippen LogP contribution in [0.25, 0.3) is 5.69 Å². The highest BCUT2D eigenvalue weighted by Gasteiger charge is 2.22. The third-order valence-electron chi connectivity index (χ3n) is 4.92. The number of carbonyl (C=O) groups is 2. The molecule has 34 heavy (non-hydrogen) atoms. The third-order valence-corrected chi connectivity index (χ3v) is 5.17. The van der Waals surface area contributed by atoms with Crippen LogP contribution in [0.15, 0.2) is 84.9 Å². The molecule has 0 spiro atoms. The minimum absolute atomic E-state index is 0.0506. The molecule has 0 bridgehead atoms. The van der Waals surface area contributed by atoms with Gasteiger partial charge >= 0.3 is 5.97 Å². The summed E-state index contributed by atoms with van der Waals surface area (Å²) in [6.45, 7) is 0. The molecule has 1 heterocycles. The minimum Gasteiger partial charge on any atom is -0.493 e. The van der Waals surface area contributed by atoms with Gasteiger partial charge in [-0.2, -0.15) is 5.10 Å². The minimum atomic E-state index is -1.09. The Labute approximate surface area is 200 Å². The summed E-state index contributed by atoms with van der Waals surface area (Å²) in [4.78, 5) is 24.4. The van der Waals surface area contributed by atoms with E-state index in [2.05, 4.69) is 10.4 Å². The molecule has 1 atom stereocenters. The van der Waals surface area contributed by atoms with Crippen molar-refractivity contribution in [2.24, 2.45) is 0 Å². The van der Waals surface area contributed by atoms with Crippen LogP contribution in [0, 0.1) is 0 Å². The molecule has 9 heteroatoms. The molecule has 0 saturated carbocycles. The van der Waals surface area contributed by atoms with Crippen LogP contribution in [0.1, 0.15) is 28.5 Å². The number of aliphatic carboxylic acids is 1. The fraction of sp³-hybridized carbons (Fsp3) is 0.0800. The maximum absolute atomic E-state index is 12.9. The summed E-state index contributed by atoms with van der Waals surface area (Å²) in [5.41, 5.74) is 1.06. The molecule has 4 aromatic rings. The van der Waals surface area contributed by atoms with Gasteiger partial charge in [-0.25, -0.2) is 4.68 Å². The fourth-order valence-corrected chi connectivity index (χ4v) is 3.46. The van der Waals surface area contributed by atoms with E-state index in [-0.39, 0.29) is 18.0 Å². The molecule has 8 nitrogen and oxygen atoms in total. The van der Waals surface area contributed by atoms with Crippen LogP contribution in [-0.4, -0.2) is 31.9 Å². The summed E-state index contributed by atoms with van der Waals surface area (Å²) in [5, 5.41) is 27.1. The highest BCUT2D eigenvalue weighted by Crippen LogP contribution is 2.27. The smallest absolute Gasteiger partial charge is 0.305 e. The van der Waals surface area contributed by atoms with Gasteiger partial charge in [-0.3, -0.25) is 9.59 Å². The molecular formula is C25H20ClN3O5. The van der Waals surface area contributed by atoms with E-state index in [1.807, 2.05) is 6.07 Å². The van der Waals surface area contributed by atoms with Gasteiger partial charge in [-0.1, -0.05) is 41.9 Å². The molecule has 3 aromatic carbocycles. The second-order valence-corrected chi connectivity index (χ2v) is 7.82. The molecule has 0 saturated heterocycles. The predicted octanol–water partition coefficient (Wildman–Crippen LogP) is 4.97. The van der Waals surface area contributed by atoms with Gasteiger partial charge in [0.1, 0.15) is 11.5 Å². The van der Waals surface area contributed by atoms with Crippen LogP contribution in [0.3, 0.4) is 0 Å². The Hall–Kier alpha value is -4.30. The first-order valence-electron chi connectivity index (χ1n) is 10.3. The summed E-state index contributed by atoms with van der Waals surface area (Å²) in [6, 6.07) is 22.8. The molecule has 0 aliphatic carbocycles. The second kappa shape index (κ2) is 10.1. The van der Waals surface area contributed by atoms with Crippen LogP contribution < -0.4 is 10.1 Å². The van der Waals surface area contributed by atoms with E-state index in [1.54, 1.807) is 72.8 Å². The number of aromatic hydroxyl groups is 1. The Morgan fingerprint density at radius 3 is 2.41 bits per heavy atom. The van der Waals surface area contributed by atoms with Crippen molar-refractivity contribution in [1.82, 2.24) is 15.1 Å². The largest absolute Gasteiger partial charge is 0.493 e. The Morgan fingerprint density at radius 1 is 0.971 bits per heavy atom. The van der Waals surface area contributed by atoms with E-state index in [9.17, 15) is 19.8 Å². The van der Waals surface area contributed by atoms with Crippen molar-refractivity contribution in [2.45, 2.75) is 12.5 Å². The summed E-state index contributed by atoms with van der Waals surface area (Å²) >= 11 is 5.90. The van der Waals surface area contributed by atoms with Gasteiger partial charge in [0.05, 0.1) is 18.2 Å². The maximum atomic E-state index is 12.9. The number of rotatable bonds is 8. The van der Waals surface area contributed by atoms with Gasteiger partial charge < -0.3 is 20.3 Å². The lowest BCUT2D eigenvalue weighted by molar-refractivity contribution is -0.137. The molecule has 1 amide bonds. The SMILES string of the molecule is O=C(O)CC(NC(=O)c1cc(O)n(-c2ccccc2)n1)c1cccc(Oc2ccc(Cl)cc2)c1. The van der Waals surface area contributed by atoms with Crippen LogP contribution >= 0.6 is 11.6 Å². The zero-order chi connectivity index (χ0) is 24.1. The number of para-hydroxylation sites is 1. The van der Waals surface area contributed by atoms with Crippen molar-refractivity contribution in [1.29, 1.82) is 0 Å². The number of nitrogens with one attached hydrogen (secondary N) is 1. The number of ether oxygens (including phenoxy) is 1. The van der Waals surface area contributed by atoms with Crippen molar-refractivity contribution in [3.63, 3.8) is 0 Å². The molecule has 172 valence electrons. The fourth-order valence-electron chi connectivity index (χ4n) is 3.33. The van der Waals surface area contributed by atoms with Gasteiger partial charge in [0, 0.05) is 11.1 Å². The van der Waals surface area contributed by atoms with E-state index >= 15 is 0 Å². The first-order valence-corrected chi connectivity index (χ1v) is 10.7. The zero-order valence-corrected chi connectivity index (χ0v) is 18.5. The number of amides is 1. The number of aromatic nitrogens is 2. The number of carboxylic acid groups (broad SMARTS) is 1. The summed E-state index contributed by atoms with van der Waals surface area (Å²) in [6.07, 6.45) is -0.360. The molecule has 1 unspecified atom stereocenters. The normalized spacial score (nSPS) is 11.6. The first kappa shape index (κ1) is 22.9. The predicted molar refractivity (Wildman–Crippen MR) is 126 cm³/mol. The average molecular weight is 478 g/mol. The van der Waals surface area contributed by atoms with Gasteiger partial charge in [0.25, 0.3) is 5.91 Å². The van der Waals surface area contributed by atoms with Crippen LogP contribution in [-0.2, 0) is 4.79 Å². The van der Waals surface area contributed by atoms with Crippen molar-refractivity contribution in [3.8, 4) is 23.1 Å². The first-order chi connectivity index (χ1) is 16.4. The lowest BCUT2D eigenvalue weighted by Gasteiger charge is -2.18. The second-order valence-electron chi connectivity index (χ2n) is 7.39. The Balaban J connectivity index is 1.55. The molecule has 0 radical (unpaired) electrons. The number of hydrogen-bond donors (Lipinski definition) is 3. The Bertz CT molecular complexity index is 1310. The van der Waals surface area contributed by atoms with Crippen molar-refractivity contribution >= 4 is 23.5 Å². The third kappa shape index (κ3) is 5.54. The molecule has 0 aliphatic rings. The molecular weight excluding hydrogens is 458 g/mol. The van der Waals surface area contributed by atoms with Crippen molar-refractivity contribution in [2.75, 3.05) is 0 Å². The molecule has 0 aliphatic heterocycles. The standard InChI is InChI=1S/C25H20ClN3O5/c26-17-9-11-19(12-10-17)34-20-8-4-5-16(13-20)21(15-24(31)32)27-25(33)22-14-23(30)29(28-22)18-6-2-1-3-7-18/h1-14,21,30H,15H2,(H,27,33)(H,31,32). The number of benzene rings is 3. The zero-order valence-electron chi connectivity index (χ0n) is 17.8. The highest BCUT2D eigenvalue weighted by molar-refractivity contribution is 6.30. The average Bonchev–Trinajstić information content (AvgIpc) is 3.22. The number of carbonyl (C=O) groups excluding carboxylic acids is 1.